The first-order valence-corrected chi connectivity index (χ1v) is 8.92. The van der Waals surface area contributed by atoms with Gasteiger partial charge in [0.2, 0.25) is 11.8 Å². The van der Waals surface area contributed by atoms with Crippen LogP contribution in [0.5, 0.6) is 0 Å². The van der Waals surface area contributed by atoms with Crippen LogP contribution in [0.15, 0.2) is 66.7 Å². The lowest BCUT2D eigenvalue weighted by atomic mass is 10.1. The Bertz CT molecular complexity index is 726. The summed E-state index contributed by atoms with van der Waals surface area (Å²) in [4.78, 5) is 24.2. The quantitative estimate of drug-likeness (QED) is 0.718. The molecule has 0 radical (unpaired) electrons. The van der Waals surface area contributed by atoms with Crippen LogP contribution < -0.4 is 10.6 Å². The number of nitrogens with one attached hydrogen (secondary N) is 2. The lowest BCUT2D eigenvalue weighted by Gasteiger charge is -2.18. The second-order valence-electron chi connectivity index (χ2n) is 6.41. The third-order valence-electron chi connectivity index (χ3n) is 4.08. The van der Waals surface area contributed by atoms with Crippen molar-refractivity contribution in [2.45, 2.75) is 38.8 Å². The van der Waals surface area contributed by atoms with Crippen LogP contribution in [-0.2, 0) is 16.0 Å². The van der Waals surface area contributed by atoms with E-state index >= 15 is 0 Å². The first-order valence-electron chi connectivity index (χ1n) is 8.92. The topological polar surface area (TPSA) is 58.2 Å². The van der Waals surface area contributed by atoms with Crippen LogP contribution in [0.2, 0.25) is 0 Å². The number of benzene rings is 2. The molecule has 2 rings (SSSR count). The number of hydrogen-bond acceptors (Lipinski definition) is 2. The zero-order valence-corrected chi connectivity index (χ0v) is 15.3. The van der Waals surface area contributed by atoms with E-state index in [0.717, 1.165) is 18.4 Å². The summed E-state index contributed by atoms with van der Waals surface area (Å²) in [6.07, 6.45) is 4.92. The molecule has 0 aromatic heterocycles. The number of aryl methyl sites for hydroxylation is 1. The molecule has 2 amide bonds. The smallest absolute Gasteiger partial charge is 0.244 e. The van der Waals surface area contributed by atoms with Gasteiger partial charge in [-0.1, -0.05) is 60.7 Å². The molecule has 26 heavy (non-hydrogen) atoms. The summed E-state index contributed by atoms with van der Waals surface area (Å²) in [5.74, 6) is -0.458. The molecule has 0 saturated carbocycles. The summed E-state index contributed by atoms with van der Waals surface area (Å²) in [7, 11) is 0. The van der Waals surface area contributed by atoms with Gasteiger partial charge in [-0.25, -0.2) is 0 Å². The van der Waals surface area contributed by atoms with E-state index in [1.54, 1.807) is 13.0 Å². The summed E-state index contributed by atoms with van der Waals surface area (Å²) >= 11 is 0. The molecule has 2 aromatic rings. The summed E-state index contributed by atoms with van der Waals surface area (Å²) in [6, 6.07) is 19.2. The second kappa shape index (κ2) is 10.2. The average molecular weight is 350 g/mol. The predicted octanol–water partition coefficient (Wildman–Crippen LogP) is 3.34. The van der Waals surface area contributed by atoms with Crippen molar-refractivity contribution in [3.8, 4) is 0 Å². The molecule has 0 saturated heterocycles. The van der Waals surface area contributed by atoms with Gasteiger partial charge < -0.3 is 10.6 Å². The van der Waals surface area contributed by atoms with Gasteiger partial charge >= 0.3 is 0 Å². The van der Waals surface area contributed by atoms with Gasteiger partial charge in [0, 0.05) is 12.1 Å². The zero-order valence-electron chi connectivity index (χ0n) is 15.3. The normalized spacial score (nSPS) is 13.2. The standard InChI is InChI=1S/C22H26N2O2/c1-17(13-14-19-9-5-3-6-10-19)23-22(26)18(2)24-21(25)16-15-20-11-7-4-8-12-20/h3-12,15-18H,13-14H2,1-2H3,(H,23,26)(H,24,25)/b16-15+. The van der Waals surface area contributed by atoms with Crippen LogP contribution in [0, 0.1) is 0 Å². The fraction of sp³-hybridized carbons (Fsp3) is 0.273. The Balaban J connectivity index is 1.74. The highest BCUT2D eigenvalue weighted by molar-refractivity contribution is 5.95. The lowest BCUT2D eigenvalue weighted by molar-refractivity contribution is -0.127. The minimum absolute atomic E-state index is 0.0434. The summed E-state index contributed by atoms with van der Waals surface area (Å²) < 4.78 is 0. The molecule has 4 nitrogen and oxygen atoms in total. The van der Waals surface area contributed by atoms with E-state index in [1.807, 2.05) is 55.5 Å². The molecular formula is C22H26N2O2. The van der Waals surface area contributed by atoms with E-state index in [1.165, 1.54) is 11.6 Å². The molecule has 0 aliphatic heterocycles. The Morgan fingerprint density at radius 1 is 0.923 bits per heavy atom. The highest BCUT2D eigenvalue weighted by Crippen LogP contribution is 2.05. The molecule has 0 heterocycles. The van der Waals surface area contributed by atoms with E-state index in [0.29, 0.717) is 0 Å². The highest BCUT2D eigenvalue weighted by Gasteiger charge is 2.16. The van der Waals surface area contributed by atoms with Crippen LogP contribution in [0.3, 0.4) is 0 Å². The number of amides is 2. The van der Waals surface area contributed by atoms with E-state index in [4.69, 9.17) is 0 Å². The Kier molecular flexibility index (Phi) is 7.62. The Labute approximate surface area is 155 Å². The molecule has 136 valence electrons. The predicted molar refractivity (Wildman–Crippen MR) is 105 cm³/mol. The molecule has 2 atom stereocenters. The molecule has 0 fully saturated rings. The maximum Gasteiger partial charge on any atom is 0.244 e. The number of hydrogen-bond donors (Lipinski definition) is 2. The van der Waals surface area contributed by atoms with Crippen LogP contribution in [0.4, 0.5) is 0 Å². The molecule has 4 heteroatoms. The molecule has 0 aliphatic rings. The Morgan fingerprint density at radius 2 is 1.54 bits per heavy atom. The van der Waals surface area contributed by atoms with Crippen molar-refractivity contribution in [3.05, 3.63) is 77.9 Å². The van der Waals surface area contributed by atoms with Gasteiger partial charge in [-0.15, -0.1) is 0 Å². The molecule has 0 spiro atoms. The molecule has 2 aromatic carbocycles. The van der Waals surface area contributed by atoms with Crippen molar-refractivity contribution in [2.75, 3.05) is 0 Å². The number of carbonyl (C=O) groups excluding carboxylic acids is 2. The molecular weight excluding hydrogens is 324 g/mol. The van der Waals surface area contributed by atoms with Gasteiger partial charge in [0.25, 0.3) is 0 Å². The van der Waals surface area contributed by atoms with Crippen molar-refractivity contribution >= 4 is 17.9 Å². The fourth-order valence-electron chi connectivity index (χ4n) is 2.53. The SMILES string of the molecule is CC(CCc1ccccc1)NC(=O)C(C)NC(=O)/C=C/c1ccccc1. The van der Waals surface area contributed by atoms with E-state index < -0.39 is 6.04 Å². The fourth-order valence-corrected chi connectivity index (χ4v) is 2.53. The zero-order chi connectivity index (χ0) is 18.8. The summed E-state index contributed by atoms with van der Waals surface area (Å²) in [5.41, 5.74) is 2.19. The average Bonchev–Trinajstić information content (AvgIpc) is 2.66. The van der Waals surface area contributed by atoms with Gasteiger partial charge in [-0.2, -0.15) is 0 Å². The largest absolute Gasteiger partial charge is 0.352 e. The molecule has 0 bridgehead atoms. The van der Waals surface area contributed by atoms with Crippen molar-refractivity contribution in [1.29, 1.82) is 0 Å². The summed E-state index contributed by atoms with van der Waals surface area (Å²) in [6.45, 7) is 3.66. The van der Waals surface area contributed by atoms with Gasteiger partial charge in [-0.05, 0) is 43.9 Å². The molecule has 0 aliphatic carbocycles. The van der Waals surface area contributed by atoms with Gasteiger partial charge in [0.1, 0.15) is 6.04 Å². The van der Waals surface area contributed by atoms with Crippen LogP contribution in [0.1, 0.15) is 31.4 Å². The summed E-state index contributed by atoms with van der Waals surface area (Å²) in [5, 5.41) is 5.64. The van der Waals surface area contributed by atoms with Gasteiger partial charge in [0.05, 0.1) is 0 Å². The minimum atomic E-state index is -0.581. The first-order chi connectivity index (χ1) is 12.5. The number of carbonyl (C=O) groups is 2. The van der Waals surface area contributed by atoms with E-state index in [-0.39, 0.29) is 17.9 Å². The maximum atomic E-state index is 12.2. The second-order valence-corrected chi connectivity index (χ2v) is 6.41. The Morgan fingerprint density at radius 3 is 2.19 bits per heavy atom. The van der Waals surface area contributed by atoms with Crippen molar-refractivity contribution in [1.82, 2.24) is 10.6 Å². The number of rotatable bonds is 8. The van der Waals surface area contributed by atoms with Crippen molar-refractivity contribution in [2.24, 2.45) is 0 Å². The first kappa shape index (κ1) is 19.4. The monoisotopic (exact) mass is 350 g/mol. The highest BCUT2D eigenvalue weighted by atomic mass is 16.2. The Hall–Kier alpha value is -2.88. The van der Waals surface area contributed by atoms with Crippen LogP contribution >= 0.6 is 0 Å². The third-order valence-corrected chi connectivity index (χ3v) is 4.08. The van der Waals surface area contributed by atoms with Crippen LogP contribution in [-0.4, -0.2) is 23.9 Å². The van der Waals surface area contributed by atoms with Gasteiger partial charge in [-0.3, -0.25) is 9.59 Å². The van der Waals surface area contributed by atoms with Gasteiger partial charge in [0.15, 0.2) is 0 Å². The minimum Gasteiger partial charge on any atom is -0.352 e. The van der Waals surface area contributed by atoms with Crippen molar-refractivity contribution < 1.29 is 9.59 Å². The van der Waals surface area contributed by atoms with E-state index in [2.05, 4.69) is 22.8 Å². The van der Waals surface area contributed by atoms with Crippen molar-refractivity contribution in [3.63, 3.8) is 0 Å². The molecule has 2 N–H and O–H groups in total. The third kappa shape index (κ3) is 6.93. The molecule has 2 unspecified atom stereocenters. The van der Waals surface area contributed by atoms with Crippen LogP contribution in [0.25, 0.3) is 6.08 Å². The maximum absolute atomic E-state index is 12.2. The van der Waals surface area contributed by atoms with E-state index in [9.17, 15) is 9.59 Å². The lowest BCUT2D eigenvalue weighted by Crippen LogP contribution is -2.47.